The summed E-state index contributed by atoms with van der Waals surface area (Å²) in [5.74, 6) is -0.393. The summed E-state index contributed by atoms with van der Waals surface area (Å²) in [4.78, 5) is 0. The molecule has 0 saturated carbocycles. The SMILES string of the molecule is CC(C)C1(C)O[C@H]2O[C@H](C)[C@H](O)[C@H]2O1. The standard InChI is InChI=1S/C10H18O4/c1-5(2)10(4)13-8-7(11)6(3)12-9(8)14-10/h5-9,11H,1-4H3/t6-,7+,8-,9-,10?/m1/s1. The van der Waals surface area contributed by atoms with Crippen molar-refractivity contribution >= 4 is 0 Å². The van der Waals surface area contributed by atoms with Crippen LogP contribution in [0.1, 0.15) is 27.7 Å². The van der Waals surface area contributed by atoms with E-state index in [4.69, 9.17) is 14.2 Å². The molecule has 0 bridgehead atoms. The number of aliphatic hydroxyl groups is 1. The topological polar surface area (TPSA) is 47.9 Å². The first-order valence-electron chi connectivity index (χ1n) is 5.13. The second-order valence-electron chi connectivity index (χ2n) is 4.57. The summed E-state index contributed by atoms with van der Waals surface area (Å²) in [6, 6.07) is 0. The van der Waals surface area contributed by atoms with E-state index in [1.54, 1.807) is 0 Å². The fraction of sp³-hybridized carbons (Fsp3) is 1.00. The highest BCUT2D eigenvalue weighted by Crippen LogP contribution is 2.40. The minimum Gasteiger partial charge on any atom is -0.387 e. The van der Waals surface area contributed by atoms with Gasteiger partial charge in [-0.25, -0.2) is 0 Å². The number of fused-ring (bicyclic) bond motifs is 1. The smallest absolute Gasteiger partial charge is 0.190 e. The van der Waals surface area contributed by atoms with Crippen molar-refractivity contribution in [1.82, 2.24) is 0 Å². The first-order chi connectivity index (χ1) is 6.44. The molecule has 0 aromatic carbocycles. The average Bonchev–Trinajstić information content (AvgIpc) is 2.52. The van der Waals surface area contributed by atoms with Gasteiger partial charge in [0.15, 0.2) is 12.1 Å². The first-order valence-corrected chi connectivity index (χ1v) is 5.13. The molecular weight excluding hydrogens is 184 g/mol. The maximum atomic E-state index is 9.75. The Morgan fingerprint density at radius 3 is 2.43 bits per heavy atom. The largest absolute Gasteiger partial charge is 0.387 e. The number of rotatable bonds is 1. The van der Waals surface area contributed by atoms with E-state index < -0.39 is 18.2 Å². The van der Waals surface area contributed by atoms with Crippen LogP contribution in [0.2, 0.25) is 0 Å². The Morgan fingerprint density at radius 2 is 1.93 bits per heavy atom. The molecule has 2 rings (SSSR count). The predicted molar refractivity (Wildman–Crippen MR) is 49.5 cm³/mol. The van der Waals surface area contributed by atoms with Gasteiger partial charge in [-0.3, -0.25) is 0 Å². The summed E-state index contributed by atoms with van der Waals surface area (Å²) in [5.41, 5.74) is 0. The van der Waals surface area contributed by atoms with Gasteiger partial charge in [-0.2, -0.15) is 0 Å². The molecule has 2 heterocycles. The number of hydrogen-bond acceptors (Lipinski definition) is 4. The summed E-state index contributed by atoms with van der Waals surface area (Å²) in [6.45, 7) is 7.76. The van der Waals surface area contributed by atoms with Crippen LogP contribution < -0.4 is 0 Å². The molecule has 2 aliphatic rings. The Bertz CT molecular complexity index is 230. The first kappa shape index (κ1) is 10.4. The molecule has 82 valence electrons. The summed E-state index contributed by atoms with van der Waals surface area (Å²) in [7, 11) is 0. The lowest BCUT2D eigenvalue weighted by Crippen LogP contribution is -2.38. The predicted octanol–water partition coefficient (Wildman–Crippen LogP) is 0.880. The van der Waals surface area contributed by atoms with Crippen molar-refractivity contribution < 1.29 is 19.3 Å². The third-order valence-electron chi connectivity index (χ3n) is 3.20. The molecule has 2 saturated heterocycles. The highest BCUT2D eigenvalue weighted by molar-refractivity contribution is 4.92. The molecule has 5 atom stereocenters. The molecule has 0 radical (unpaired) electrons. The van der Waals surface area contributed by atoms with Gasteiger partial charge in [0.05, 0.1) is 6.10 Å². The lowest BCUT2D eigenvalue weighted by atomic mass is 10.1. The molecule has 0 amide bonds. The highest BCUT2D eigenvalue weighted by atomic mass is 16.8. The minimum absolute atomic E-state index is 0.207. The molecule has 14 heavy (non-hydrogen) atoms. The van der Waals surface area contributed by atoms with Crippen molar-refractivity contribution in [1.29, 1.82) is 0 Å². The van der Waals surface area contributed by atoms with E-state index in [0.29, 0.717) is 0 Å². The van der Waals surface area contributed by atoms with Crippen LogP contribution in [-0.4, -0.2) is 35.5 Å². The van der Waals surface area contributed by atoms with E-state index in [9.17, 15) is 5.11 Å². The fourth-order valence-electron chi connectivity index (χ4n) is 1.82. The molecule has 2 aliphatic heterocycles. The summed E-state index contributed by atoms with van der Waals surface area (Å²) < 4.78 is 16.8. The Hall–Kier alpha value is -0.160. The third kappa shape index (κ3) is 1.37. The van der Waals surface area contributed by atoms with Gasteiger partial charge in [-0.1, -0.05) is 13.8 Å². The van der Waals surface area contributed by atoms with E-state index in [-0.39, 0.29) is 18.1 Å². The summed E-state index contributed by atoms with van der Waals surface area (Å²) in [6.07, 6.45) is -1.54. The summed E-state index contributed by atoms with van der Waals surface area (Å²) in [5, 5.41) is 9.75. The van der Waals surface area contributed by atoms with Crippen molar-refractivity contribution in [3.63, 3.8) is 0 Å². The van der Waals surface area contributed by atoms with Crippen molar-refractivity contribution in [3.05, 3.63) is 0 Å². The van der Waals surface area contributed by atoms with E-state index in [1.165, 1.54) is 0 Å². The lowest BCUT2D eigenvalue weighted by molar-refractivity contribution is -0.242. The van der Waals surface area contributed by atoms with Gasteiger partial charge in [-0.15, -0.1) is 0 Å². The molecule has 0 spiro atoms. The maximum Gasteiger partial charge on any atom is 0.190 e. The lowest BCUT2D eigenvalue weighted by Gasteiger charge is -2.29. The highest BCUT2D eigenvalue weighted by Gasteiger charge is 2.55. The van der Waals surface area contributed by atoms with Gasteiger partial charge >= 0.3 is 0 Å². The zero-order valence-electron chi connectivity index (χ0n) is 9.06. The van der Waals surface area contributed by atoms with Crippen molar-refractivity contribution in [2.24, 2.45) is 5.92 Å². The molecule has 0 aromatic heterocycles. The normalized spacial score (nSPS) is 52.7. The Morgan fingerprint density at radius 1 is 1.29 bits per heavy atom. The molecule has 1 N–H and O–H groups in total. The van der Waals surface area contributed by atoms with E-state index >= 15 is 0 Å². The van der Waals surface area contributed by atoms with Gasteiger partial charge in [0, 0.05) is 5.92 Å². The number of hydrogen-bond donors (Lipinski definition) is 1. The molecule has 1 unspecified atom stereocenters. The fourth-order valence-corrected chi connectivity index (χ4v) is 1.82. The van der Waals surface area contributed by atoms with Crippen LogP contribution in [0.25, 0.3) is 0 Å². The molecule has 4 nitrogen and oxygen atoms in total. The van der Waals surface area contributed by atoms with Gasteiger partial charge in [-0.05, 0) is 13.8 Å². The molecule has 2 fully saturated rings. The van der Waals surface area contributed by atoms with Crippen LogP contribution >= 0.6 is 0 Å². The van der Waals surface area contributed by atoms with E-state index in [2.05, 4.69) is 0 Å². The molecular formula is C10H18O4. The van der Waals surface area contributed by atoms with E-state index in [0.717, 1.165) is 0 Å². The average molecular weight is 202 g/mol. The molecule has 0 aliphatic carbocycles. The second kappa shape index (κ2) is 3.17. The van der Waals surface area contributed by atoms with Gasteiger partial charge in [0.1, 0.15) is 12.2 Å². The zero-order valence-corrected chi connectivity index (χ0v) is 9.06. The van der Waals surface area contributed by atoms with Crippen molar-refractivity contribution in [2.45, 2.75) is 58.1 Å². The third-order valence-corrected chi connectivity index (χ3v) is 3.20. The van der Waals surface area contributed by atoms with Gasteiger partial charge in [0.2, 0.25) is 0 Å². The van der Waals surface area contributed by atoms with Crippen LogP contribution in [0.4, 0.5) is 0 Å². The van der Waals surface area contributed by atoms with Crippen LogP contribution in [-0.2, 0) is 14.2 Å². The number of aliphatic hydroxyl groups excluding tert-OH is 1. The maximum absolute atomic E-state index is 9.75. The van der Waals surface area contributed by atoms with Crippen LogP contribution in [0.5, 0.6) is 0 Å². The van der Waals surface area contributed by atoms with Crippen molar-refractivity contribution in [3.8, 4) is 0 Å². The van der Waals surface area contributed by atoms with Crippen LogP contribution in [0.15, 0.2) is 0 Å². The summed E-state index contributed by atoms with van der Waals surface area (Å²) >= 11 is 0. The quantitative estimate of drug-likeness (QED) is 0.685. The zero-order chi connectivity index (χ0) is 10.5. The monoisotopic (exact) mass is 202 g/mol. The van der Waals surface area contributed by atoms with Gasteiger partial charge in [0.25, 0.3) is 0 Å². The molecule has 0 aromatic rings. The second-order valence-corrected chi connectivity index (χ2v) is 4.57. The Balaban J connectivity index is 2.10. The van der Waals surface area contributed by atoms with E-state index in [1.807, 2.05) is 27.7 Å². The molecule has 4 heteroatoms. The Kier molecular flexibility index (Phi) is 2.34. The minimum atomic E-state index is -0.629. The van der Waals surface area contributed by atoms with Crippen LogP contribution in [0.3, 0.4) is 0 Å². The Labute approximate surface area is 84.1 Å². The van der Waals surface area contributed by atoms with Crippen molar-refractivity contribution in [2.75, 3.05) is 0 Å². The van der Waals surface area contributed by atoms with Crippen LogP contribution in [0, 0.1) is 5.92 Å². The van der Waals surface area contributed by atoms with Gasteiger partial charge < -0.3 is 19.3 Å². The number of ether oxygens (including phenoxy) is 3.